The molecule has 0 bridgehead atoms. The van der Waals surface area contributed by atoms with Crippen LogP contribution in [0, 0.1) is 6.92 Å². The Morgan fingerprint density at radius 3 is 2.74 bits per heavy atom. The first-order valence-corrected chi connectivity index (χ1v) is 7.49. The number of nitrogens with two attached hydrogens (primary N) is 1. The van der Waals surface area contributed by atoms with Crippen LogP contribution in [0.5, 0.6) is 0 Å². The van der Waals surface area contributed by atoms with Crippen molar-refractivity contribution >= 4 is 38.9 Å². The summed E-state index contributed by atoms with van der Waals surface area (Å²) >= 11 is 5.03. The zero-order valence-corrected chi connectivity index (χ0v) is 13.2. The van der Waals surface area contributed by atoms with Gasteiger partial charge in [0.15, 0.2) is 0 Å². The third-order valence-electron chi connectivity index (χ3n) is 2.83. The van der Waals surface area contributed by atoms with Crippen LogP contribution in [0.25, 0.3) is 0 Å². The first-order valence-electron chi connectivity index (χ1n) is 5.82. The van der Waals surface area contributed by atoms with E-state index in [0.29, 0.717) is 17.8 Å². The second-order valence-electron chi connectivity index (χ2n) is 4.51. The van der Waals surface area contributed by atoms with Gasteiger partial charge >= 0.3 is 0 Å². The van der Waals surface area contributed by atoms with Crippen LogP contribution in [0.4, 0.5) is 5.69 Å². The Bertz CT molecular complexity index is 609. The van der Waals surface area contributed by atoms with Crippen LogP contribution >= 0.6 is 27.3 Å². The molecule has 1 aromatic carbocycles. The third kappa shape index (κ3) is 3.36. The zero-order chi connectivity index (χ0) is 14.0. The number of nitrogens with zero attached hydrogens (tertiary/aromatic N) is 1. The maximum absolute atomic E-state index is 12.3. The van der Waals surface area contributed by atoms with Crippen LogP contribution in [0.2, 0.25) is 0 Å². The highest BCUT2D eigenvalue weighted by Gasteiger charge is 2.15. The van der Waals surface area contributed by atoms with Crippen molar-refractivity contribution in [1.29, 1.82) is 0 Å². The molecule has 0 radical (unpaired) electrons. The maximum Gasteiger partial charge on any atom is 0.255 e. The highest BCUT2D eigenvalue weighted by Crippen LogP contribution is 2.22. The molecule has 1 aromatic heterocycles. The lowest BCUT2D eigenvalue weighted by atomic mass is 10.1. The average Bonchev–Trinajstić information content (AvgIpc) is 2.74. The molecule has 1 heterocycles. The van der Waals surface area contributed by atoms with Gasteiger partial charge in [0.2, 0.25) is 0 Å². The van der Waals surface area contributed by atoms with Crippen molar-refractivity contribution < 1.29 is 4.79 Å². The number of carbonyl (C=O) groups is 1. The van der Waals surface area contributed by atoms with Crippen molar-refractivity contribution in [3.63, 3.8) is 0 Å². The summed E-state index contributed by atoms with van der Waals surface area (Å²) < 4.78 is 1.07. The van der Waals surface area contributed by atoms with E-state index in [2.05, 4.69) is 15.9 Å². The second kappa shape index (κ2) is 5.75. The molecule has 0 saturated carbocycles. The fourth-order valence-corrected chi connectivity index (χ4v) is 3.06. The summed E-state index contributed by atoms with van der Waals surface area (Å²) in [6.07, 6.45) is 0. The smallest absolute Gasteiger partial charge is 0.255 e. The number of carbonyl (C=O) groups excluding carboxylic acids is 1. The minimum Gasteiger partial charge on any atom is -0.398 e. The lowest BCUT2D eigenvalue weighted by molar-refractivity contribution is 0.0786. The van der Waals surface area contributed by atoms with Gasteiger partial charge in [-0.15, -0.1) is 11.3 Å². The number of anilines is 1. The number of aryl methyl sites for hydroxylation is 1. The standard InChI is InChI=1S/C14H15BrN2OS/c1-9-3-4-11(12(16)5-9)14(18)17(2)7-10-6-13(15)19-8-10/h3-6,8H,7,16H2,1-2H3. The zero-order valence-electron chi connectivity index (χ0n) is 10.8. The summed E-state index contributed by atoms with van der Waals surface area (Å²) in [5.41, 5.74) is 9.16. The number of thiophene rings is 1. The summed E-state index contributed by atoms with van der Waals surface area (Å²) in [5.74, 6) is -0.0557. The quantitative estimate of drug-likeness (QED) is 0.868. The van der Waals surface area contributed by atoms with E-state index in [1.807, 2.05) is 30.5 Å². The molecular formula is C14H15BrN2OS. The summed E-state index contributed by atoms with van der Waals surface area (Å²) in [7, 11) is 1.78. The van der Waals surface area contributed by atoms with Crippen molar-refractivity contribution in [1.82, 2.24) is 4.90 Å². The number of hydrogen-bond acceptors (Lipinski definition) is 3. The van der Waals surface area contributed by atoms with Crippen LogP contribution in [0.1, 0.15) is 21.5 Å². The Morgan fingerprint density at radius 1 is 1.42 bits per heavy atom. The van der Waals surface area contributed by atoms with Gasteiger partial charge in [-0.25, -0.2) is 0 Å². The molecule has 0 unspecified atom stereocenters. The van der Waals surface area contributed by atoms with E-state index in [1.54, 1.807) is 29.4 Å². The van der Waals surface area contributed by atoms with Gasteiger partial charge in [0.25, 0.3) is 5.91 Å². The molecule has 0 aliphatic carbocycles. The molecule has 2 N–H and O–H groups in total. The first kappa shape index (κ1) is 14.1. The van der Waals surface area contributed by atoms with Gasteiger partial charge in [0, 0.05) is 19.3 Å². The van der Waals surface area contributed by atoms with E-state index in [-0.39, 0.29) is 5.91 Å². The molecule has 2 aromatic rings. The number of rotatable bonds is 3. The number of nitrogen functional groups attached to an aromatic ring is 1. The molecule has 0 aliphatic rings. The van der Waals surface area contributed by atoms with Crippen molar-refractivity contribution in [3.8, 4) is 0 Å². The second-order valence-corrected chi connectivity index (χ2v) is 6.80. The van der Waals surface area contributed by atoms with Gasteiger partial charge in [-0.3, -0.25) is 4.79 Å². The predicted molar refractivity (Wildman–Crippen MR) is 83.4 cm³/mol. The van der Waals surface area contributed by atoms with Gasteiger partial charge in [0.1, 0.15) is 0 Å². The van der Waals surface area contributed by atoms with Crippen LogP contribution in [0.3, 0.4) is 0 Å². The molecule has 5 heteroatoms. The predicted octanol–water partition coefficient (Wildman–Crippen LogP) is 3.67. The Morgan fingerprint density at radius 2 is 2.16 bits per heavy atom. The topological polar surface area (TPSA) is 46.3 Å². The molecule has 1 amide bonds. The lowest BCUT2D eigenvalue weighted by Gasteiger charge is -2.17. The van der Waals surface area contributed by atoms with Crippen LogP contribution < -0.4 is 5.73 Å². The van der Waals surface area contributed by atoms with Gasteiger partial charge in [0.05, 0.1) is 9.35 Å². The fourth-order valence-electron chi connectivity index (χ4n) is 1.86. The van der Waals surface area contributed by atoms with Crippen molar-refractivity contribution in [2.75, 3.05) is 12.8 Å². The van der Waals surface area contributed by atoms with Crippen LogP contribution in [-0.4, -0.2) is 17.9 Å². The molecule has 19 heavy (non-hydrogen) atoms. The SMILES string of the molecule is Cc1ccc(C(=O)N(C)Cc2csc(Br)c2)c(N)c1. The first-order chi connectivity index (χ1) is 8.97. The van der Waals surface area contributed by atoms with E-state index in [1.165, 1.54) is 0 Å². The minimum atomic E-state index is -0.0557. The molecule has 3 nitrogen and oxygen atoms in total. The molecule has 100 valence electrons. The maximum atomic E-state index is 12.3. The van der Waals surface area contributed by atoms with E-state index < -0.39 is 0 Å². The number of benzene rings is 1. The minimum absolute atomic E-state index is 0.0557. The summed E-state index contributed by atoms with van der Waals surface area (Å²) in [4.78, 5) is 14.0. The monoisotopic (exact) mass is 338 g/mol. The van der Waals surface area contributed by atoms with Gasteiger partial charge in [-0.05, 0) is 57.6 Å². The lowest BCUT2D eigenvalue weighted by Crippen LogP contribution is -2.26. The van der Waals surface area contributed by atoms with Gasteiger partial charge in [-0.2, -0.15) is 0 Å². The molecule has 0 saturated heterocycles. The van der Waals surface area contributed by atoms with E-state index in [4.69, 9.17) is 5.73 Å². The molecule has 0 atom stereocenters. The van der Waals surface area contributed by atoms with Crippen molar-refractivity contribution in [3.05, 3.63) is 50.1 Å². The molecule has 0 spiro atoms. The Balaban J connectivity index is 2.14. The van der Waals surface area contributed by atoms with E-state index in [0.717, 1.165) is 14.9 Å². The highest BCUT2D eigenvalue weighted by atomic mass is 79.9. The molecule has 0 fully saturated rings. The number of hydrogen-bond donors (Lipinski definition) is 1. The number of halogens is 1. The van der Waals surface area contributed by atoms with Crippen LogP contribution in [0.15, 0.2) is 33.4 Å². The molecule has 0 aliphatic heterocycles. The summed E-state index contributed by atoms with van der Waals surface area (Å²) in [6.45, 7) is 2.53. The normalized spacial score (nSPS) is 10.5. The summed E-state index contributed by atoms with van der Waals surface area (Å²) in [5, 5.41) is 2.03. The molecular weight excluding hydrogens is 324 g/mol. The van der Waals surface area contributed by atoms with Crippen molar-refractivity contribution in [2.45, 2.75) is 13.5 Å². The van der Waals surface area contributed by atoms with E-state index in [9.17, 15) is 4.79 Å². The highest BCUT2D eigenvalue weighted by molar-refractivity contribution is 9.11. The van der Waals surface area contributed by atoms with Gasteiger partial charge in [-0.1, -0.05) is 6.07 Å². The molecule has 2 rings (SSSR count). The van der Waals surface area contributed by atoms with Gasteiger partial charge < -0.3 is 10.6 Å². The average molecular weight is 339 g/mol. The fraction of sp³-hybridized carbons (Fsp3) is 0.214. The summed E-state index contributed by atoms with van der Waals surface area (Å²) in [6, 6.07) is 7.53. The Labute approximate surface area is 125 Å². The Hall–Kier alpha value is -1.33. The van der Waals surface area contributed by atoms with E-state index >= 15 is 0 Å². The largest absolute Gasteiger partial charge is 0.398 e. The van der Waals surface area contributed by atoms with Crippen molar-refractivity contribution in [2.24, 2.45) is 0 Å². The Kier molecular flexibility index (Phi) is 4.27. The third-order valence-corrected chi connectivity index (χ3v) is 4.38. The van der Waals surface area contributed by atoms with Crippen LogP contribution in [-0.2, 0) is 6.54 Å². The number of amides is 1.